The van der Waals surface area contributed by atoms with E-state index in [2.05, 4.69) is 9.97 Å². The van der Waals surface area contributed by atoms with Crippen molar-refractivity contribution in [2.24, 2.45) is 0 Å². The van der Waals surface area contributed by atoms with Crippen molar-refractivity contribution in [2.75, 3.05) is 0 Å². The Bertz CT molecular complexity index is 411. The van der Waals surface area contributed by atoms with Gasteiger partial charge in [-0.3, -0.25) is 0 Å². The molecule has 100 valence electrons. The average molecular weight is 305 g/mol. The molecule has 0 unspecified atom stereocenters. The van der Waals surface area contributed by atoms with Crippen molar-refractivity contribution in [3.63, 3.8) is 0 Å². The third-order valence-electron chi connectivity index (χ3n) is 0.839. The molecular weight excluding hydrogens is 300 g/mol. The molecule has 1 rings (SSSR count). The minimum Gasteiger partial charge on any atom is -0.476 e. The number of hydrogen-bond donors (Lipinski definition) is 1. The van der Waals surface area contributed by atoms with Crippen LogP contribution in [-0.2, 0) is 0 Å². The van der Waals surface area contributed by atoms with Crippen molar-refractivity contribution in [3.8, 4) is 0 Å². The summed E-state index contributed by atoms with van der Waals surface area (Å²) in [7, 11) is -10.7. The number of aromatic carboxylic acids is 1. The van der Waals surface area contributed by atoms with Crippen LogP contribution in [0.2, 0.25) is 5.15 Å². The Balaban J connectivity index is 0. The number of carbonyl (C=O) groups is 1. The number of rotatable bonds is 1. The van der Waals surface area contributed by atoms with Crippen molar-refractivity contribution >= 4 is 25.4 Å². The molecule has 0 aromatic carbocycles. The number of hydrogen-bond acceptors (Lipinski definition) is 3. The molecule has 0 spiro atoms. The van der Waals surface area contributed by atoms with Crippen LogP contribution in [0.1, 0.15) is 11.9 Å². The third-order valence-corrected chi connectivity index (χ3v) is 1.03. The van der Waals surface area contributed by atoms with Crippen LogP contribution < -0.4 is 0 Å². The van der Waals surface area contributed by atoms with Crippen molar-refractivity contribution in [1.82, 2.24) is 9.97 Å². The number of aromatic nitrogens is 2. The Morgan fingerprint density at radius 1 is 1.18 bits per heavy atom. The van der Waals surface area contributed by atoms with E-state index in [0.29, 0.717) is 0 Å². The van der Waals surface area contributed by atoms with Gasteiger partial charge in [-0.25, -0.2) is 14.8 Å². The van der Waals surface area contributed by atoms with E-state index in [9.17, 15) is 30.0 Å². The zero-order valence-corrected chi connectivity index (χ0v) is 9.15. The second kappa shape index (κ2) is 3.95. The van der Waals surface area contributed by atoms with Gasteiger partial charge in [0, 0.05) is 0 Å². The van der Waals surface area contributed by atoms with Crippen molar-refractivity contribution in [2.45, 2.75) is 0 Å². The van der Waals surface area contributed by atoms with Crippen LogP contribution in [0.3, 0.4) is 0 Å². The Morgan fingerprint density at radius 3 is 1.82 bits per heavy atom. The van der Waals surface area contributed by atoms with Crippen LogP contribution in [-0.4, -0.2) is 21.0 Å². The monoisotopic (exact) mass is 304 g/mol. The van der Waals surface area contributed by atoms with Gasteiger partial charge in [0.15, 0.2) is 5.69 Å². The molecule has 0 saturated heterocycles. The van der Waals surface area contributed by atoms with Crippen molar-refractivity contribution in [3.05, 3.63) is 23.2 Å². The van der Waals surface area contributed by atoms with E-state index in [0.717, 1.165) is 6.20 Å². The summed E-state index contributed by atoms with van der Waals surface area (Å²) in [6.45, 7) is 0. The Morgan fingerprint density at radius 2 is 1.59 bits per heavy atom. The van der Waals surface area contributed by atoms with Crippen LogP contribution in [0.15, 0.2) is 12.4 Å². The fraction of sp³-hybridized carbons (Fsp3) is 0. The Hall–Kier alpha value is -1.15. The Labute approximate surface area is 96.0 Å². The maximum Gasteiger partial charge on any atom is 1.00 e. The van der Waals surface area contributed by atoms with E-state index in [1.165, 1.54) is 6.20 Å². The van der Waals surface area contributed by atoms with Crippen LogP contribution in [0, 0.1) is 0 Å². The van der Waals surface area contributed by atoms with Crippen molar-refractivity contribution < 1.29 is 36.5 Å². The van der Waals surface area contributed by atoms with E-state index in [1.807, 2.05) is 0 Å². The van der Waals surface area contributed by atoms with Crippen molar-refractivity contribution in [1.29, 1.82) is 0 Å². The SMILES string of the molecule is F[P-](F)(F)(F)(F)F.O=C(O)c1cnc(Cl)cn1.[H+]. The molecule has 1 aromatic heterocycles. The summed E-state index contributed by atoms with van der Waals surface area (Å²) in [5.74, 6) is -1.11. The predicted molar refractivity (Wildman–Crippen MR) is 48.7 cm³/mol. The normalized spacial score (nSPS) is 15.0. The first-order valence-electron chi connectivity index (χ1n) is 3.42. The predicted octanol–water partition coefficient (Wildman–Crippen LogP) is 4.32. The number of carboxylic acids is 1. The molecule has 4 nitrogen and oxygen atoms in total. The van der Waals surface area contributed by atoms with Gasteiger partial charge < -0.3 is 5.11 Å². The van der Waals surface area contributed by atoms with E-state index < -0.39 is 13.8 Å². The molecule has 0 fully saturated rings. The molecule has 0 radical (unpaired) electrons. The summed E-state index contributed by atoms with van der Waals surface area (Å²) in [6, 6.07) is 0. The minimum absolute atomic E-state index is 0. The molecule has 1 heterocycles. The second-order valence-corrected chi connectivity index (χ2v) is 4.79. The van der Waals surface area contributed by atoms with Crippen LogP contribution in [0.25, 0.3) is 0 Å². The molecule has 0 bridgehead atoms. The van der Waals surface area contributed by atoms with Gasteiger partial charge in [0.1, 0.15) is 5.15 Å². The van der Waals surface area contributed by atoms with Gasteiger partial charge in [-0.05, 0) is 0 Å². The second-order valence-electron chi connectivity index (χ2n) is 2.49. The summed E-state index contributed by atoms with van der Waals surface area (Å²) in [6.07, 6.45) is 2.29. The molecular formula is C5H4ClF6N2O2P. The first-order valence-corrected chi connectivity index (χ1v) is 5.83. The van der Waals surface area contributed by atoms with Gasteiger partial charge in [-0.2, -0.15) is 0 Å². The van der Waals surface area contributed by atoms with Crippen LogP contribution >= 0.6 is 19.4 Å². The van der Waals surface area contributed by atoms with Gasteiger partial charge in [-0.1, -0.05) is 11.6 Å². The first kappa shape index (κ1) is 15.9. The molecule has 0 amide bonds. The maximum atomic E-state index is 10.2. The summed E-state index contributed by atoms with van der Waals surface area (Å²) in [5.41, 5.74) is -0.107. The summed E-state index contributed by atoms with van der Waals surface area (Å²) in [4.78, 5) is 17.2. The topological polar surface area (TPSA) is 63.1 Å². The van der Waals surface area contributed by atoms with Crippen LogP contribution in [0.4, 0.5) is 25.2 Å². The van der Waals surface area contributed by atoms with Gasteiger partial charge in [0.25, 0.3) is 0 Å². The van der Waals surface area contributed by atoms with Gasteiger partial charge in [0.2, 0.25) is 0 Å². The van der Waals surface area contributed by atoms with E-state index in [4.69, 9.17) is 16.7 Å². The number of halogens is 7. The van der Waals surface area contributed by atoms with E-state index in [-0.39, 0.29) is 12.3 Å². The van der Waals surface area contributed by atoms with Gasteiger partial charge in [-0.15, -0.1) is 0 Å². The molecule has 0 atom stereocenters. The maximum absolute atomic E-state index is 10.7. The molecule has 0 saturated carbocycles. The van der Waals surface area contributed by atoms with E-state index in [1.54, 1.807) is 0 Å². The fourth-order valence-corrected chi connectivity index (χ4v) is 0.520. The van der Waals surface area contributed by atoms with Gasteiger partial charge in [0.05, 0.1) is 12.4 Å². The molecule has 0 aliphatic heterocycles. The molecule has 0 aliphatic rings. The molecule has 12 heteroatoms. The quantitative estimate of drug-likeness (QED) is 0.620. The van der Waals surface area contributed by atoms with Gasteiger partial charge >= 0.3 is 40.4 Å². The zero-order chi connectivity index (χ0) is 14.0. The average Bonchev–Trinajstić information content (AvgIpc) is 1.98. The summed E-state index contributed by atoms with van der Waals surface area (Å²) >= 11 is 5.35. The first-order chi connectivity index (χ1) is 7.15. The number of carboxylic acid groups (broad SMARTS) is 1. The molecule has 0 aliphatic carbocycles. The third kappa shape index (κ3) is 14.8. The molecule has 1 aromatic rings. The largest absolute Gasteiger partial charge is 1.00 e. The zero-order valence-electron chi connectivity index (χ0n) is 8.50. The fourth-order valence-electron chi connectivity index (χ4n) is 0.423. The summed E-state index contributed by atoms with van der Waals surface area (Å²) in [5, 5.41) is 8.52. The summed E-state index contributed by atoms with van der Waals surface area (Å²) < 4.78 is 59.2. The van der Waals surface area contributed by atoms with Crippen LogP contribution in [0.5, 0.6) is 0 Å². The Kier molecular flexibility index (Phi) is 3.68. The molecule has 1 N–H and O–H groups in total. The number of nitrogens with zero attached hydrogens (tertiary/aromatic N) is 2. The smallest absolute Gasteiger partial charge is 0.476 e. The molecule has 17 heavy (non-hydrogen) atoms. The van der Waals surface area contributed by atoms with E-state index >= 15 is 0 Å². The minimum atomic E-state index is -10.7. The standard InChI is InChI=1S/C5H3ClN2O2.F6P/c6-4-2-7-3(1-8-4)5(9)10;1-7(2,3,4,5)6/h1-2H,(H,9,10);/q;-1/p+1.